The molecule has 2 nitrogen and oxygen atoms in total. The molecule has 0 radical (unpaired) electrons. The molecule has 0 N–H and O–H groups in total. The van der Waals surface area contributed by atoms with E-state index in [9.17, 15) is 4.39 Å². The van der Waals surface area contributed by atoms with E-state index in [1.165, 1.54) is 12.1 Å². The van der Waals surface area contributed by atoms with Gasteiger partial charge in [0.2, 0.25) is 0 Å². The van der Waals surface area contributed by atoms with E-state index in [0.29, 0.717) is 0 Å². The number of hydrogen-bond acceptors (Lipinski definition) is 2. The zero-order valence-electron chi connectivity index (χ0n) is 6.71. The van der Waals surface area contributed by atoms with E-state index in [2.05, 4.69) is 0 Å². The lowest BCUT2D eigenvalue weighted by atomic mass is 10.3. The molecule has 0 amide bonds. The second-order valence-electron chi connectivity index (χ2n) is 2.34. The summed E-state index contributed by atoms with van der Waals surface area (Å²) in [6.45, 7) is -0.0149. The van der Waals surface area contributed by atoms with E-state index in [-0.39, 0.29) is 12.4 Å². The predicted octanol–water partition coefficient (Wildman–Crippen LogP) is 2.34. The van der Waals surface area contributed by atoms with Crippen molar-refractivity contribution in [2.75, 3.05) is 6.61 Å². The summed E-state index contributed by atoms with van der Waals surface area (Å²) in [5.41, 5.74) is 0. The minimum Gasteiger partial charge on any atom is -0.488 e. The maximum Gasteiger partial charge on any atom is 0.165 e. The first-order chi connectivity index (χ1) is 6.24. The average Bonchev–Trinajstić information content (AvgIpc) is 2.16. The van der Waals surface area contributed by atoms with Gasteiger partial charge < -0.3 is 4.74 Å². The monoisotopic (exact) mass is 199 g/mol. The minimum atomic E-state index is -0.750. The Kier molecular flexibility index (Phi) is 3.53. The van der Waals surface area contributed by atoms with Gasteiger partial charge in [0.15, 0.2) is 16.9 Å². The number of alkyl halides is 1. The third-order valence-corrected chi connectivity index (χ3v) is 1.59. The van der Waals surface area contributed by atoms with Gasteiger partial charge in [-0.1, -0.05) is 12.1 Å². The summed E-state index contributed by atoms with van der Waals surface area (Å²) in [5.74, 6) is -0.340. The van der Waals surface area contributed by atoms with Crippen LogP contribution < -0.4 is 4.74 Å². The van der Waals surface area contributed by atoms with Crippen molar-refractivity contribution < 1.29 is 9.13 Å². The van der Waals surface area contributed by atoms with Gasteiger partial charge in [0.25, 0.3) is 0 Å². The summed E-state index contributed by atoms with van der Waals surface area (Å²) >= 11 is 5.46. The molecule has 1 aromatic rings. The molecule has 68 valence electrons. The average molecular weight is 200 g/mol. The molecule has 0 aliphatic heterocycles. The smallest absolute Gasteiger partial charge is 0.165 e. The first kappa shape index (κ1) is 9.82. The summed E-state index contributed by atoms with van der Waals surface area (Å²) in [5, 5.41) is 7.58. The van der Waals surface area contributed by atoms with Crippen molar-refractivity contribution in [1.82, 2.24) is 0 Å². The third kappa shape index (κ3) is 2.92. The fraction of sp³-hybridized carbons (Fsp3) is 0.222. The zero-order chi connectivity index (χ0) is 9.68. The van der Waals surface area contributed by atoms with E-state index in [1.807, 2.05) is 0 Å². The van der Waals surface area contributed by atoms with Gasteiger partial charge in [0.1, 0.15) is 6.61 Å². The standard InChI is InChI=1S/C9H7ClFNO/c10-7(5-12)6-13-9-4-2-1-3-8(9)11/h1-4,7H,6H2. The highest BCUT2D eigenvalue weighted by Crippen LogP contribution is 2.15. The molecule has 1 rings (SSSR count). The van der Waals surface area contributed by atoms with Crippen LogP contribution in [0.15, 0.2) is 24.3 Å². The van der Waals surface area contributed by atoms with Crippen molar-refractivity contribution in [3.63, 3.8) is 0 Å². The second-order valence-corrected chi connectivity index (χ2v) is 2.86. The summed E-state index contributed by atoms with van der Waals surface area (Å²) < 4.78 is 17.9. The van der Waals surface area contributed by atoms with Crippen LogP contribution in [0.25, 0.3) is 0 Å². The highest BCUT2D eigenvalue weighted by molar-refractivity contribution is 6.22. The molecule has 0 saturated carbocycles. The molecule has 0 saturated heterocycles. The van der Waals surface area contributed by atoms with E-state index >= 15 is 0 Å². The Bertz CT molecular complexity index is 324. The second kappa shape index (κ2) is 4.68. The van der Waals surface area contributed by atoms with Crippen LogP contribution in [0.5, 0.6) is 5.75 Å². The van der Waals surface area contributed by atoms with Gasteiger partial charge in [-0.25, -0.2) is 4.39 Å². The number of rotatable bonds is 3. The molecule has 0 fully saturated rings. The van der Waals surface area contributed by atoms with Crippen molar-refractivity contribution >= 4 is 11.6 Å². The van der Waals surface area contributed by atoms with Crippen LogP contribution in [0.4, 0.5) is 4.39 Å². The third-order valence-electron chi connectivity index (χ3n) is 1.36. The van der Waals surface area contributed by atoms with E-state index in [1.54, 1.807) is 18.2 Å². The van der Waals surface area contributed by atoms with Crippen LogP contribution in [0, 0.1) is 17.1 Å². The van der Waals surface area contributed by atoms with Gasteiger partial charge in [0.05, 0.1) is 6.07 Å². The number of ether oxygens (including phenoxy) is 1. The van der Waals surface area contributed by atoms with Crippen molar-refractivity contribution in [3.05, 3.63) is 30.1 Å². The molecule has 0 aliphatic rings. The number of nitriles is 1. The quantitative estimate of drug-likeness (QED) is 0.700. The van der Waals surface area contributed by atoms with Crippen LogP contribution in [-0.4, -0.2) is 12.0 Å². The number of benzene rings is 1. The lowest BCUT2D eigenvalue weighted by Gasteiger charge is -2.06. The molecule has 1 unspecified atom stereocenters. The summed E-state index contributed by atoms with van der Waals surface area (Å²) in [4.78, 5) is 0. The lowest BCUT2D eigenvalue weighted by molar-refractivity contribution is 0.311. The van der Waals surface area contributed by atoms with Gasteiger partial charge in [0, 0.05) is 0 Å². The normalized spacial score (nSPS) is 11.8. The fourth-order valence-corrected chi connectivity index (χ4v) is 0.825. The number of nitrogens with zero attached hydrogens (tertiary/aromatic N) is 1. The Labute approximate surface area is 80.5 Å². The Morgan fingerprint density at radius 1 is 1.54 bits per heavy atom. The minimum absolute atomic E-state index is 0.0149. The SMILES string of the molecule is N#CC(Cl)COc1ccccc1F. The maximum atomic E-state index is 12.9. The largest absolute Gasteiger partial charge is 0.488 e. The van der Waals surface area contributed by atoms with E-state index < -0.39 is 11.2 Å². The zero-order valence-corrected chi connectivity index (χ0v) is 7.46. The molecular weight excluding hydrogens is 193 g/mol. The van der Waals surface area contributed by atoms with Gasteiger partial charge in [-0.2, -0.15) is 5.26 Å². The van der Waals surface area contributed by atoms with Crippen LogP contribution in [-0.2, 0) is 0 Å². The molecule has 0 spiro atoms. The molecule has 0 aliphatic carbocycles. The van der Waals surface area contributed by atoms with Gasteiger partial charge in [-0.05, 0) is 12.1 Å². The van der Waals surface area contributed by atoms with E-state index in [4.69, 9.17) is 21.6 Å². The van der Waals surface area contributed by atoms with Gasteiger partial charge in [-0.3, -0.25) is 0 Å². The molecule has 13 heavy (non-hydrogen) atoms. The highest BCUT2D eigenvalue weighted by atomic mass is 35.5. The maximum absolute atomic E-state index is 12.9. The van der Waals surface area contributed by atoms with Crippen LogP contribution in [0.2, 0.25) is 0 Å². The molecule has 1 atom stereocenters. The molecule has 0 heterocycles. The van der Waals surface area contributed by atoms with Gasteiger partial charge >= 0.3 is 0 Å². The van der Waals surface area contributed by atoms with Gasteiger partial charge in [-0.15, -0.1) is 11.6 Å². The number of halogens is 2. The van der Waals surface area contributed by atoms with Crippen LogP contribution in [0.1, 0.15) is 0 Å². The molecule has 0 bridgehead atoms. The van der Waals surface area contributed by atoms with E-state index in [0.717, 1.165) is 0 Å². The molecule has 4 heteroatoms. The van der Waals surface area contributed by atoms with Crippen molar-refractivity contribution in [3.8, 4) is 11.8 Å². The van der Waals surface area contributed by atoms with Crippen molar-refractivity contribution in [2.45, 2.75) is 5.38 Å². The Balaban J connectivity index is 2.56. The first-order valence-electron chi connectivity index (χ1n) is 3.65. The summed E-state index contributed by atoms with van der Waals surface area (Å²) in [7, 11) is 0. The Morgan fingerprint density at radius 2 is 2.23 bits per heavy atom. The summed E-state index contributed by atoms with van der Waals surface area (Å²) in [6, 6.07) is 7.74. The van der Waals surface area contributed by atoms with Crippen LogP contribution in [0.3, 0.4) is 0 Å². The summed E-state index contributed by atoms with van der Waals surface area (Å²) in [6.07, 6.45) is 0. The van der Waals surface area contributed by atoms with Crippen molar-refractivity contribution in [1.29, 1.82) is 5.26 Å². The molecular formula is C9H7ClFNO. The van der Waals surface area contributed by atoms with Crippen LogP contribution >= 0.6 is 11.6 Å². The fourth-order valence-electron chi connectivity index (χ4n) is 0.762. The lowest BCUT2D eigenvalue weighted by Crippen LogP contribution is -2.09. The highest BCUT2D eigenvalue weighted by Gasteiger charge is 2.05. The molecule has 1 aromatic carbocycles. The number of para-hydroxylation sites is 1. The Morgan fingerprint density at radius 3 is 2.85 bits per heavy atom. The predicted molar refractivity (Wildman–Crippen MR) is 47.1 cm³/mol. The molecule has 0 aromatic heterocycles. The Hall–Kier alpha value is -1.27. The van der Waals surface area contributed by atoms with Crippen molar-refractivity contribution in [2.24, 2.45) is 0 Å². The topological polar surface area (TPSA) is 33.0 Å². The first-order valence-corrected chi connectivity index (χ1v) is 4.08. The number of hydrogen-bond donors (Lipinski definition) is 0.